The van der Waals surface area contributed by atoms with Crippen LogP contribution in [-0.4, -0.2) is 103 Å². The van der Waals surface area contributed by atoms with E-state index in [4.69, 9.17) is 21.1 Å². The summed E-state index contributed by atoms with van der Waals surface area (Å²) in [5, 5.41) is 15.2. The summed E-state index contributed by atoms with van der Waals surface area (Å²) in [5.74, 6) is 0.167. The van der Waals surface area contributed by atoms with Crippen molar-refractivity contribution in [1.82, 2.24) is 20.4 Å². The van der Waals surface area contributed by atoms with Crippen LogP contribution in [0.2, 0.25) is 5.02 Å². The van der Waals surface area contributed by atoms with Gasteiger partial charge in [-0.3, -0.25) is 34.2 Å². The van der Waals surface area contributed by atoms with E-state index in [0.29, 0.717) is 51.9 Å². The van der Waals surface area contributed by atoms with Crippen molar-refractivity contribution in [1.29, 1.82) is 5.26 Å². The zero-order chi connectivity index (χ0) is 45.4. The van der Waals surface area contributed by atoms with Crippen molar-refractivity contribution in [3.63, 3.8) is 0 Å². The number of aldehydes is 1. The Morgan fingerprint density at radius 2 is 1.62 bits per heavy atom. The maximum atomic E-state index is 13.6. The van der Waals surface area contributed by atoms with Crippen LogP contribution in [0.5, 0.6) is 11.5 Å². The van der Waals surface area contributed by atoms with E-state index < -0.39 is 17.9 Å². The number of hydrogen-bond donors (Lipinski definition) is 2. The highest BCUT2D eigenvalue weighted by molar-refractivity contribution is 6.31. The molecule has 0 radical (unpaired) electrons. The van der Waals surface area contributed by atoms with Gasteiger partial charge < -0.3 is 24.6 Å². The highest BCUT2D eigenvalue weighted by Gasteiger charge is 2.64. The van der Waals surface area contributed by atoms with Crippen LogP contribution in [-0.2, 0) is 9.59 Å². The van der Waals surface area contributed by atoms with Crippen LogP contribution < -0.4 is 25.0 Å². The lowest BCUT2D eigenvalue weighted by Gasteiger charge is -2.63. The summed E-state index contributed by atoms with van der Waals surface area (Å²) in [4.78, 5) is 69.3. The monoisotopic (exact) mass is 878 g/mol. The standard InChI is InChI=1S/C49H59ClN6O7/c1-29(2)56(35-22-38(23-35)62-36-15-11-33(28-57)39(24-36)45(61)54(7)41-16-17-42(58)52-44(41)60)27-30-18-20-55(21-19-30)34-12-8-31(9-13-34)43(59)53-46-48(3,4)47(49(46,5)6)63-37-14-10-32(26-51)40(50)25-37/h8-15,24-25,28-30,35,38,41,46-47H,16-23,27H2,1-7H3,(H,53,59)(H,52,58,60). The Bertz CT molecular complexity index is 2260. The van der Waals surface area contributed by atoms with Crippen molar-refractivity contribution in [3.8, 4) is 17.6 Å². The third-order valence-electron chi connectivity index (χ3n) is 13.9. The van der Waals surface area contributed by atoms with E-state index in [0.717, 1.165) is 51.0 Å². The van der Waals surface area contributed by atoms with Gasteiger partial charge in [0.25, 0.3) is 11.8 Å². The molecule has 334 valence electrons. The molecule has 2 N–H and O–H groups in total. The van der Waals surface area contributed by atoms with Crippen molar-refractivity contribution in [2.45, 2.75) is 116 Å². The number of nitrogens with one attached hydrogen (secondary N) is 2. The summed E-state index contributed by atoms with van der Waals surface area (Å²) in [6.07, 6.45) is 4.61. The minimum atomic E-state index is -0.798. The number of imide groups is 1. The number of carbonyl (C=O) groups is 5. The molecule has 1 atom stereocenters. The van der Waals surface area contributed by atoms with E-state index in [1.807, 2.05) is 24.3 Å². The van der Waals surface area contributed by atoms with Crippen molar-refractivity contribution >= 4 is 47.2 Å². The number of halogens is 1. The van der Waals surface area contributed by atoms with E-state index in [9.17, 15) is 29.2 Å². The van der Waals surface area contributed by atoms with Gasteiger partial charge in [-0.25, -0.2) is 0 Å². The highest BCUT2D eigenvalue weighted by Crippen LogP contribution is 2.55. The normalized spacial score (nSPS) is 24.1. The minimum Gasteiger partial charge on any atom is -0.490 e. The van der Waals surface area contributed by atoms with E-state index in [1.54, 1.807) is 36.4 Å². The highest BCUT2D eigenvalue weighted by atomic mass is 35.5. The van der Waals surface area contributed by atoms with Gasteiger partial charge in [0.2, 0.25) is 11.8 Å². The molecule has 0 spiro atoms. The van der Waals surface area contributed by atoms with Gasteiger partial charge in [0, 0.05) is 97.8 Å². The molecule has 4 aliphatic rings. The molecule has 7 rings (SSSR count). The van der Waals surface area contributed by atoms with Crippen molar-refractivity contribution < 1.29 is 33.4 Å². The SMILES string of the molecule is CC(C)N(CC1CCN(c2ccc(C(=O)NC3C(C)(C)C(Oc4ccc(C#N)c(Cl)c4)C3(C)C)cc2)CC1)C1CC(Oc2ccc(C=O)c(C(=O)N(C)C3CCC(=O)NC3=O)c2)C1. The van der Waals surface area contributed by atoms with E-state index in [1.165, 1.54) is 11.9 Å². The number of hydrogen-bond acceptors (Lipinski definition) is 10. The second-order valence-electron chi connectivity index (χ2n) is 19.2. The fourth-order valence-corrected chi connectivity index (χ4v) is 10.7. The summed E-state index contributed by atoms with van der Waals surface area (Å²) >= 11 is 6.26. The van der Waals surface area contributed by atoms with Crippen molar-refractivity contribution in [3.05, 3.63) is 87.9 Å². The van der Waals surface area contributed by atoms with Gasteiger partial charge in [0.05, 0.1) is 16.1 Å². The predicted octanol–water partition coefficient (Wildman–Crippen LogP) is 7.05. The molecule has 2 aliphatic heterocycles. The number of ether oxygens (including phenoxy) is 2. The van der Waals surface area contributed by atoms with Gasteiger partial charge in [-0.1, -0.05) is 39.3 Å². The number of nitriles is 1. The lowest BCUT2D eigenvalue weighted by Crippen LogP contribution is -2.74. The number of amides is 4. The molecular formula is C49H59ClN6O7. The van der Waals surface area contributed by atoms with Gasteiger partial charge in [0.1, 0.15) is 35.8 Å². The van der Waals surface area contributed by atoms with Gasteiger partial charge in [0.15, 0.2) is 6.29 Å². The number of nitrogens with zero attached hydrogens (tertiary/aromatic N) is 4. The first-order chi connectivity index (χ1) is 29.9. The molecule has 3 aromatic rings. The largest absolute Gasteiger partial charge is 0.490 e. The Kier molecular flexibility index (Phi) is 13.3. The minimum absolute atomic E-state index is 0.0289. The molecular weight excluding hydrogens is 820 g/mol. The molecule has 0 bridgehead atoms. The second-order valence-corrected chi connectivity index (χ2v) is 19.6. The first kappa shape index (κ1) is 45.6. The Morgan fingerprint density at radius 1 is 0.968 bits per heavy atom. The van der Waals surface area contributed by atoms with Crippen molar-refractivity contribution in [2.75, 3.05) is 31.6 Å². The molecule has 14 heteroatoms. The second kappa shape index (κ2) is 18.3. The van der Waals surface area contributed by atoms with Gasteiger partial charge in [-0.15, -0.1) is 0 Å². The zero-order valence-electron chi connectivity index (χ0n) is 37.3. The molecule has 63 heavy (non-hydrogen) atoms. The van der Waals surface area contributed by atoms with Crippen molar-refractivity contribution in [2.24, 2.45) is 16.7 Å². The first-order valence-corrected chi connectivity index (χ1v) is 22.4. The topological polar surface area (TPSA) is 161 Å². The summed E-state index contributed by atoms with van der Waals surface area (Å²) in [5.41, 5.74) is 1.77. The maximum Gasteiger partial charge on any atom is 0.255 e. The average molecular weight is 879 g/mol. The Labute approximate surface area is 375 Å². The predicted molar refractivity (Wildman–Crippen MR) is 240 cm³/mol. The van der Waals surface area contributed by atoms with Crippen LogP contribution in [0.4, 0.5) is 5.69 Å². The third-order valence-corrected chi connectivity index (χ3v) is 14.2. The van der Waals surface area contributed by atoms with Gasteiger partial charge in [-0.2, -0.15) is 5.26 Å². The Morgan fingerprint density at radius 3 is 2.22 bits per heavy atom. The summed E-state index contributed by atoms with van der Waals surface area (Å²) in [7, 11) is 1.51. The molecule has 4 fully saturated rings. The Balaban J connectivity index is 0.875. The van der Waals surface area contributed by atoms with Crippen LogP contribution in [0, 0.1) is 28.1 Å². The molecule has 2 heterocycles. The molecule has 2 aliphatic carbocycles. The maximum absolute atomic E-state index is 13.6. The number of rotatable bonds is 14. The summed E-state index contributed by atoms with van der Waals surface area (Å²) in [6, 6.07) is 19.7. The van der Waals surface area contributed by atoms with Crippen LogP contribution in [0.1, 0.15) is 117 Å². The number of benzene rings is 3. The molecule has 2 saturated carbocycles. The average Bonchev–Trinajstić information content (AvgIpc) is 3.24. The molecule has 4 amide bonds. The van der Waals surface area contributed by atoms with Crippen LogP contribution in [0.3, 0.4) is 0 Å². The molecule has 2 saturated heterocycles. The summed E-state index contributed by atoms with van der Waals surface area (Å²) in [6.45, 7) is 15.7. The van der Waals surface area contributed by atoms with Crippen LogP contribution in [0.15, 0.2) is 60.7 Å². The molecule has 1 unspecified atom stereocenters. The fraction of sp³-hybridized carbons (Fsp3) is 0.510. The Hall–Kier alpha value is -5.45. The molecule has 13 nitrogen and oxygen atoms in total. The fourth-order valence-electron chi connectivity index (χ4n) is 10.5. The van der Waals surface area contributed by atoms with Crippen LogP contribution >= 0.6 is 11.6 Å². The quantitative estimate of drug-likeness (QED) is 0.127. The van der Waals surface area contributed by atoms with Gasteiger partial charge >= 0.3 is 0 Å². The lowest BCUT2D eigenvalue weighted by molar-refractivity contribution is -0.164. The van der Waals surface area contributed by atoms with E-state index >= 15 is 0 Å². The molecule has 3 aromatic carbocycles. The van der Waals surface area contributed by atoms with E-state index in [-0.39, 0.29) is 64.9 Å². The number of carbonyl (C=O) groups excluding carboxylic acids is 5. The number of anilines is 1. The summed E-state index contributed by atoms with van der Waals surface area (Å²) < 4.78 is 12.7. The number of likely N-dealkylation sites (N-methyl/N-ethyl adjacent to an activating group) is 1. The lowest BCUT2D eigenvalue weighted by atomic mass is 9.49. The number of piperidine rings is 2. The van der Waals surface area contributed by atoms with Gasteiger partial charge in [-0.05, 0) is 93.6 Å². The van der Waals surface area contributed by atoms with E-state index in [2.05, 4.69) is 68.0 Å². The van der Waals surface area contributed by atoms with Crippen LogP contribution in [0.25, 0.3) is 0 Å². The molecule has 0 aromatic heterocycles. The zero-order valence-corrected chi connectivity index (χ0v) is 38.0. The first-order valence-electron chi connectivity index (χ1n) is 22.1. The smallest absolute Gasteiger partial charge is 0.255 e. The third kappa shape index (κ3) is 9.43.